The van der Waals surface area contributed by atoms with E-state index in [0.717, 1.165) is 19.3 Å². The van der Waals surface area contributed by atoms with Crippen molar-refractivity contribution in [2.24, 2.45) is 11.8 Å². The van der Waals surface area contributed by atoms with Gasteiger partial charge in [0.1, 0.15) is 7.85 Å². The van der Waals surface area contributed by atoms with Crippen molar-refractivity contribution in [2.45, 2.75) is 71.5 Å². The molecule has 1 amide bonds. The monoisotopic (exact) mass is 251 g/mol. The number of ether oxygens (including phenoxy) is 1. The number of nitrogens with one attached hydrogen (secondary N) is 1. The van der Waals surface area contributed by atoms with Crippen LogP contribution in [-0.4, -0.2) is 31.9 Å². The molecule has 1 unspecified atom stereocenters. The van der Waals surface area contributed by atoms with Crippen molar-refractivity contribution in [3.8, 4) is 0 Å². The van der Waals surface area contributed by atoms with Crippen LogP contribution in [0.1, 0.15) is 53.4 Å². The van der Waals surface area contributed by atoms with Gasteiger partial charge in [0.2, 0.25) is 5.91 Å². The molecule has 0 saturated carbocycles. The second-order valence-corrected chi connectivity index (χ2v) is 6.18. The van der Waals surface area contributed by atoms with Gasteiger partial charge in [0.25, 0.3) is 0 Å². The average molecular weight is 251 g/mol. The topological polar surface area (TPSA) is 38.3 Å². The molecule has 1 aliphatic rings. The SMILES string of the molecule is [B][C@H]1CC(NC(=O)CCC(C)C)[C@@H](CC(C)C)O1. The van der Waals surface area contributed by atoms with Crippen molar-refractivity contribution in [3.63, 3.8) is 0 Å². The Bertz CT molecular complexity index is 269. The number of carbonyl (C=O) groups is 1. The van der Waals surface area contributed by atoms with E-state index in [1.165, 1.54) is 0 Å². The van der Waals surface area contributed by atoms with E-state index in [1.807, 2.05) is 0 Å². The van der Waals surface area contributed by atoms with Gasteiger partial charge in [-0.2, -0.15) is 0 Å². The molecule has 0 bridgehead atoms. The predicted octanol–water partition coefficient (Wildman–Crippen LogP) is 2.24. The third-order valence-electron chi connectivity index (χ3n) is 3.28. The molecule has 0 aliphatic carbocycles. The maximum absolute atomic E-state index is 11.8. The highest BCUT2D eigenvalue weighted by atomic mass is 16.5. The summed E-state index contributed by atoms with van der Waals surface area (Å²) in [4.78, 5) is 11.8. The zero-order chi connectivity index (χ0) is 13.7. The van der Waals surface area contributed by atoms with Crippen molar-refractivity contribution in [3.05, 3.63) is 0 Å². The third kappa shape index (κ3) is 5.43. The van der Waals surface area contributed by atoms with Crippen LogP contribution in [0.25, 0.3) is 0 Å². The molecule has 2 radical (unpaired) electrons. The Labute approximate surface area is 112 Å². The van der Waals surface area contributed by atoms with Crippen LogP contribution in [0, 0.1) is 11.8 Å². The number of rotatable bonds is 6. The van der Waals surface area contributed by atoms with Gasteiger partial charge in [0.15, 0.2) is 0 Å². The number of amides is 1. The summed E-state index contributed by atoms with van der Waals surface area (Å²) in [7, 11) is 5.82. The standard InChI is InChI=1S/C14H26BNO2/c1-9(2)5-6-14(17)16-11-8-13(15)18-12(11)7-10(3)4/h9-13H,5-8H2,1-4H3,(H,16,17)/t11?,12-,13-/m1/s1. The number of hydrogen-bond acceptors (Lipinski definition) is 2. The van der Waals surface area contributed by atoms with Crippen molar-refractivity contribution >= 4 is 13.8 Å². The fourth-order valence-corrected chi connectivity index (χ4v) is 2.31. The summed E-state index contributed by atoms with van der Waals surface area (Å²) in [6.45, 7) is 8.57. The molecule has 1 heterocycles. The van der Waals surface area contributed by atoms with Gasteiger partial charge in [0, 0.05) is 12.4 Å². The second kappa shape index (κ2) is 7.17. The first kappa shape index (κ1) is 15.6. The summed E-state index contributed by atoms with van der Waals surface area (Å²) < 4.78 is 5.67. The van der Waals surface area contributed by atoms with E-state index in [4.69, 9.17) is 12.6 Å². The molecular weight excluding hydrogens is 225 g/mol. The van der Waals surface area contributed by atoms with E-state index in [1.54, 1.807) is 0 Å². The van der Waals surface area contributed by atoms with Gasteiger partial charge >= 0.3 is 0 Å². The first-order chi connectivity index (χ1) is 8.38. The first-order valence-electron chi connectivity index (χ1n) is 7.09. The molecule has 1 saturated heterocycles. The predicted molar refractivity (Wildman–Crippen MR) is 74.5 cm³/mol. The molecule has 1 aliphatic heterocycles. The number of hydrogen-bond donors (Lipinski definition) is 1. The second-order valence-electron chi connectivity index (χ2n) is 6.18. The van der Waals surface area contributed by atoms with Crippen molar-refractivity contribution in [1.29, 1.82) is 0 Å². The van der Waals surface area contributed by atoms with E-state index >= 15 is 0 Å². The van der Waals surface area contributed by atoms with E-state index in [0.29, 0.717) is 18.3 Å². The number of carbonyl (C=O) groups excluding carboxylic acids is 1. The highest BCUT2D eigenvalue weighted by molar-refractivity contribution is 6.11. The molecule has 3 nitrogen and oxygen atoms in total. The quantitative estimate of drug-likeness (QED) is 0.735. The Morgan fingerprint density at radius 2 is 2.00 bits per heavy atom. The van der Waals surface area contributed by atoms with Crippen molar-refractivity contribution < 1.29 is 9.53 Å². The van der Waals surface area contributed by atoms with Crippen molar-refractivity contribution in [1.82, 2.24) is 5.32 Å². The van der Waals surface area contributed by atoms with E-state index < -0.39 is 0 Å². The Morgan fingerprint density at radius 1 is 1.33 bits per heavy atom. The van der Waals surface area contributed by atoms with E-state index in [9.17, 15) is 4.79 Å². The molecule has 0 aromatic rings. The lowest BCUT2D eigenvalue weighted by Gasteiger charge is -2.21. The minimum atomic E-state index is -0.232. The molecule has 0 aromatic heterocycles. The minimum Gasteiger partial charge on any atom is -0.383 e. The Hall–Kier alpha value is -0.505. The van der Waals surface area contributed by atoms with Gasteiger partial charge in [-0.1, -0.05) is 27.7 Å². The minimum absolute atomic E-state index is 0.0722. The average Bonchev–Trinajstić information content (AvgIpc) is 2.55. The van der Waals surface area contributed by atoms with Crippen LogP contribution in [0.4, 0.5) is 0 Å². The Balaban J connectivity index is 2.40. The molecule has 4 heteroatoms. The third-order valence-corrected chi connectivity index (χ3v) is 3.28. The van der Waals surface area contributed by atoms with Gasteiger partial charge in [-0.3, -0.25) is 4.79 Å². The molecule has 18 heavy (non-hydrogen) atoms. The Kier molecular flexibility index (Phi) is 6.20. The molecule has 3 atom stereocenters. The van der Waals surface area contributed by atoms with Crippen LogP contribution in [0.2, 0.25) is 0 Å². The van der Waals surface area contributed by atoms with Crippen LogP contribution in [-0.2, 0) is 9.53 Å². The van der Waals surface area contributed by atoms with Crippen LogP contribution >= 0.6 is 0 Å². The molecule has 102 valence electrons. The summed E-state index contributed by atoms with van der Waals surface area (Å²) in [6, 6.07) is -0.147. The van der Waals surface area contributed by atoms with Gasteiger partial charge < -0.3 is 10.1 Å². The zero-order valence-electron chi connectivity index (χ0n) is 12.1. The Morgan fingerprint density at radius 3 is 2.56 bits per heavy atom. The lowest BCUT2D eigenvalue weighted by atomic mass is 9.93. The van der Waals surface area contributed by atoms with Crippen LogP contribution in [0.3, 0.4) is 0 Å². The van der Waals surface area contributed by atoms with Gasteiger partial charge in [-0.25, -0.2) is 0 Å². The summed E-state index contributed by atoms with van der Waals surface area (Å²) in [5.74, 6) is 1.24. The summed E-state index contributed by atoms with van der Waals surface area (Å²) in [5, 5.41) is 3.08. The van der Waals surface area contributed by atoms with Crippen LogP contribution < -0.4 is 5.32 Å². The lowest BCUT2D eigenvalue weighted by Crippen LogP contribution is -2.41. The van der Waals surface area contributed by atoms with Gasteiger partial charge in [-0.15, -0.1) is 0 Å². The van der Waals surface area contributed by atoms with Crippen LogP contribution in [0.5, 0.6) is 0 Å². The van der Waals surface area contributed by atoms with Crippen molar-refractivity contribution in [2.75, 3.05) is 0 Å². The fourth-order valence-electron chi connectivity index (χ4n) is 2.31. The van der Waals surface area contributed by atoms with E-state index in [2.05, 4.69) is 33.0 Å². The molecule has 0 spiro atoms. The lowest BCUT2D eigenvalue weighted by molar-refractivity contribution is -0.122. The zero-order valence-corrected chi connectivity index (χ0v) is 12.1. The molecule has 1 N–H and O–H groups in total. The molecular formula is C14H26BNO2. The highest BCUT2D eigenvalue weighted by Gasteiger charge is 2.33. The van der Waals surface area contributed by atoms with Gasteiger partial charge in [0.05, 0.1) is 12.1 Å². The first-order valence-corrected chi connectivity index (χ1v) is 7.09. The van der Waals surface area contributed by atoms with Gasteiger partial charge in [-0.05, 0) is 31.1 Å². The molecule has 0 aromatic carbocycles. The smallest absolute Gasteiger partial charge is 0.220 e. The molecule has 1 fully saturated rings. The highest BCUT2D eigenvalue weighted by Crippen LogP contribution is 2.24. The maximum atomic E-state index is 11.8. The fraction of sp³-hybridized carbons (Fsp3) is 0.929. The van der Waals surface area contributed by atoms with Crippen LogP contribution in [0.15, 0.2) is 0 Å². The summed E-state index contributed by atoms with van der Waals surface area (Å²) in [6.07, 6.45) is 3.27. The summed E-state index contributed by atoms with van der Waals surface area (Å²) in [5.41, 5.74) is 0. The van der Waals surface area contributed by atoms with E-state index in [-0.39, 0.29) is 24.1 Å². The maximum Gasteiger partial charge on any atom is 0.220 e. The summed E-state index contributed by atoms with van der Waals surface area (Å²) >= 11 is 0. The normalized spacial score (nSPS) is 28.0. The largest absolute Gasteiger partial charge is 0.383 e. The molecule has 1 rings (SSSR count).